The molecule has 74 valence electrons. The van der Waals surface area contributed by atoms with Crippen molar-refractivity contribution in [3.8, 4) is 11.8 Å². The minimum Gasteiger partial charge on any atom is -0.396 e. The van der Waals surface area contributed by atoms with Crippen LogP contribution in [0.25, 0.3) is 0 Å². The number of aromatic nitrogens is 1. The Hall–Kier alpha value is -1.40. The summed E-state index contributed by atoms with van der Waals surface area (Å²) in [6.07, 6.45) is 2.34. The fourth-order valence-electron chi connectivity index (χ4n) is 0.971. The summed E-state index contributed by atoms with van der Waals surface area (Å²) in [5.41, 5.74) is 6.25. The van der Waals surface area contributed by atoms with Crippen molar-refractivity contribution in [2.45, 2.75) is 13.3 Å². The Bertz CT molecular complexity index is 365. The maximum Gasteiger partial charge on any atom is 0.149 e. The van der Waals surface area contributed by atoms with Crippen molar-refractivity contribution in [3.05, 3.63) is 17.3 Å². The van der Waals surface area contributed by atoms with Crippen LogP contribution in [0.1, 0.15) is 13.3 Å². The Balaban J connectivity index is 2.53. The second-order valence-corrected chi connectivity index (χ2v) is 3.13. The summed E-state index contributed by atoms with van der Waals surface area (Å²) in [7, 11) is 0. The first kappa shape index (κ1) is 10.7. The van der Waals surface area contributed by atoms with Gasteiger partial charge in [0.05, 0.1) is 10.7 Å². The summed E-state index contributed by atoms with van der Waals surface area (Å²) in [4.78, 5) is 4.06. The van der Waals surface area contributed by atoms with E-state index >= 15 is 0 Å². The van der Waals surface area contributed by atoms with Gasteiger partial charge in [-0.25, -0.2) is 4.98 Å². The molecule has 1 heterocycles. The number of hydrogen-bond acceptors (Lipinski definition) is 3. The highest BCUT2D eigenvalue weighted by atomic mass is 35.5. The summed E-state index contributed by atoms with van der Waals surface area (Å²) >= 11 is 5.71. The highest BCUT2D eigenvalue weighted by Crippen LogP contribution is 2.18. The van der Waals surface area contributed by atoms with Crippen molar-refractivity contribution in [1.29, 1.82) is 0 Å². The summed E-state index contributed by atoms with van der Waals surface area (Å²) in [5, 5.41) is 3.62. The van der Waals surface area contributed by atoms with E-state index in [1.54, 1.807) is 12.3 Å². The van der Waals surface area contributed by atoms with E-state index in [9.17, 15) is 0 Å². The maximum absolute atomic E-state index is 5.71. The van der Waals surface area contributed by atoms with Crippen LogP contribution in [-0.2, 0) is 0 Å². The summed E-state index contributed by atoms with van der Waals surface area (Å²) in [6.45, 7) is 2.55. The van der Waals surface area contributed by atoms with Crippen LogP contribution >= 0.6 is 11.6 Å². The largest absolute Gasteiger partial charge is 0.396 e. The molecule has 0 aromatic carbocycles. The molecule has 4 heteroatoms. The molecule has 0 unspecified atom stereocenters. The number of nitrogens with two attached hydrogens (primary N) is 1. The molecular weight excluding hydrogens is 198 g/mol. The summed E-state index contributed by atoms with van der Waals surface area (Å²) < 4.78 is 0. The van der Waals surface area contributed by atoms with Gasteiger partial charge >= 0.3 is 0 Å². The molecule has 0 saturated carbocycles. The van der Waals surface area contributed by atoms with Gasteiger partial charge in [-0.2, -0.15) is 0 Å². The Kier molecular flexibility index (Phi) is 4.09. The van der Waals surface area contributed by atoms with Crippen molar-refractivity contribution in [2.24, 2.45) is 0 Å². The van der Waals surface area contributed by atoms with Crippen molar-refractivity contribution in [3.63, 3.8) is 0 Å². The molecule has 0 amide bonds. The smallest absolute Gasteiger partial charge is 0.149 e. The van der Waals surface area contributed by atoms with Crippen LogP contribution in [0, 0.1) is 11.8 Å². The van der Waals surface area contributed by atoms with E-state index in [1.807, 2.05) is 6.92 Å². The lowest BCUT2D eigenvalue weighted by molar-refractivity contribution is 1.07. The van der Waals surface area contributed by atoms with Gasteiger partial charge < -0.3 is 11.1 Å². The zero-order valence-electron chi connectivity index (χ0n) is 7.97. The molecular formula is C10H12ClN3. The number of nitrogens with zero attached hydrogens (tertiary/aromatic N) is 1. The fraction of sp³-hybridized carbons (Fsp3) is 0.300. The first-order chi connectivity index (χ1) is 6.74. The van der Waals surface area contributed by atoms with E-state index < -0.39 is 0 Å². The van der Waals surface area contributed by atoms with E-state index in [0.29, 0.717) is 16.5 Å². The molecule has 3 nitrogen and oxygen atoms in total. The third-order valence-electron chi connectivity index (χ3n) is 1.60. The molecule has 1 aromatic rings. The lowest BCUT2D eigenvalue weighted by Gasteiger charge is -2.05. The van der Waals surface area contributed by atoms with E-state index in [1.165, 1.54) is 0 Å². The maximum atomic E-state index is 5.71. The van der Waals surface area contributed by atoms with Gasteiger partial charge in [-0.05, 0) is 13.0 Å². The minimum absolute atomic E-state index is 0.543. The molecule has 0 fully saturated rings. The van der Waals surface area contributed by atoms with Crippen LogP contribution in [0.2, 0.25) is 5.02 Å². The van der Waals surface area contributed by atoms with Crippen molar-refractivity contribution >= 4 is 23.1 Å². The molecule has 0 aliphatic carbocycles. The zero-order chi connectivity index (χ0) is 10.4. The number of anilines is 2. The number of rotatable bonds is 3. The normalized spacial score (nSPS) is 9.00. The molecule has 1 aromatic heterocycles. The Morgan fingerprint density at radius 2 is 2.43 bits per heavy atom. The number of pyridine rings is 1. The SMILES string of the molecule is CC#CCCNc1ncc(Cl)cc1N. The van der Waals surface area contributed by atoms with E-state index in [4.69, 9.17) is 17.3 Å². The molecule has 0 atom stereocenters. The van der Waals surface area contributed by atoms with Gasteiger partial charge in [0, 0.05) is 19.2 Å². The molecule has 0 aliphatic heterocycles. The van der Waals surface area contributed by atoms with E-state index in [0.717, 1.165) is 13.0 Å². The van der Waals surface area contributed by atoms with Gasteiger partial charge in [0.15, 0.2) is 0 Å². The molecule has 0 radical (unpaired) electrons. The average Bonchev–Trinajstić information content (AvgIpc) is 2.15. The van der Waals surface area contributed by atoms with Crippen LogP contribution in [-0.4, -0.2) is 11.5 Å². The van der Waals surface area contributed by atoms with Crippen molar-refractivity contribution < 1.29 is 0 Å². The average molecular weight is 210 g/mol. The lowest BCUT2D eigenvalue weighted by atomic mass is 10.3. The Labute approximate surface area is 88.7 Å². The van der Waals surface area contributed by atoms with E-state index in [2.05, 4.69) is 22.1 Å². The highest BCUT2D eigenvalue weighted by Gasteiger charge is 1.99. The van der Waals surface area contributed by atoms with Crippen molar-refractivity contribution in [2.75, 3.05) is 17.6 Å². The Morgan fingerprint density at radius 1 is 1.64 bits per heavy atom. The van der Waals surface area contributed by atoms with Gasteiger partial charge in [0.1, 0.15) is 5.82 Å². The summed E-state index contributed by atoms with van der Waals surface area (Å²) in [6, 6.07) is 1.67. The monoisotopic (exact) mass is 209 g/mol. The first-order valence-electron chi connectivity index (χ1n) is 4.28. The number of nitrogen functional groups attached to an aromatic ring is 1. The molecule has 3 N–H and O–H groups in total. The Morgan fingerprint density at radius 3 is 3.07 bits per heavy atom. The topological polar surface area (TPSA) is 50.9 Å². The van der Waals surface area contributed by atoms with E-state index in [-0.39, 0.29) is 0 Å². The van der Waals surface area contributed by atoms with Crippen LogP contribution in [0.4, 0.5) is 11.5 Å². The molecule has 1 rings (SSSR count). The van der Waals surface area contributed by atoms with Gasteiger partial charge in [-0.15, -0.1) is 11.8 Å². The number of hydrogen-bond donors (Lipinski definition) is 2. The first-order valence-corrected chi connectivity index (χ1v) is 4.66. The molecule has 14 heavy (non-hydrogen) atoms. The van der Waals surface area contributed by atoms with Gasteiger partial charge in [0.2, 0.25) is 0 Å². The van der Waals surface area contributed by atoms with Crippen LogP contribution in [0.15, 0.2) is 12.3 Å². The summed E-state index contributed by atoms with van der Waals surface area (Å²) in [5.74, 6) is 6.42. The molecule has 0 saturated heterocycles. The molecule has 0 bridgehead atoms. The number of halogens is 1. The fourth-order valence-corrected chi connectivity index (χ4v) is 1.14. The highest BCUT2D eigenvalue weighted by molar-refractivity contribution is 6.30. The minimum atomic E-state index is 0.543. The van der Waals surface area contributed by atoms with Gasteiger partial charge in [0.25, 0.3) is 0 Å². The van der Waals surface area contributed by atoms with Crippen molar-refractivity contribution in [1.82, 2.24) is 4.98 Å². The van der Waals surface area contributed by atoms with Crippen LogP contribution in [0.5, 0.6) is 0 Å². The van der Waals surface area contributed by atoms with Crippen LogP contribution in [0.3, 0.4) is 0 Å². The standard InChI is InChI=1S/C10H12ClN3/c1-2-3-4-5-13-10-9(12)6-8(11)7-14-10/h6-7H,4-5,12H2,1H3,(H,13,14). The zero-order valence-corrected chi connectivity index (χ0v) is 8.73. The van der Waals surface area contributed by atoms with Gasteiger partial charge in [-0.3, -0.25) is 0 Å². The van der Waals surface area contributed by atoms with Crippen LogP contribution < -0.4 is 11.1 Å². The second kappa shape index (κ2) is 5.36. The molecule has 0 aliphatic rings. The predicted molar refractivity (Wildman–Crippen MR) is 60.2 cm³/mol. The quantitative estimate of drug-likeness (QED) is 0.593. The lowest BCUT2D eigenvalue weighted by Crippen LogP contribution is -2.05. The third kappa shape index (κ3) is 3.15. The predicted octanol–water partition coefficient (Wildman–Crippen LogP) is 2.14. The molecule has 0 spiro atoms. The number of nitrogens with one attached hydrogen (secondary N) is 1. The second-order valence-electron chi connectivity index (χ2n) is 2.69. The third-order valence-corrected chi connectivity index (χ3v) is 1.81. The van der Waals surface area contributed by atoms with Gasteiger partial charge in [-0.1, -0.05) is 11.6 Å².